The van der Waals surface area contributed by atoms with Crippen LogP contribution >= 0.6 is 11.3 Å². The van der Waals surface area contributed by atoms with Crippen LogP contribution in [0.5, 0.6) is 0 Å². The smallest absolute Gasteiger partial charge is 0.335 e. The van der Waals surface area contributed by atoms with E-state index < -0.39 is 29.4 Å². The van der Waals surface area contributed by atoms with Gasteiger partial charge in [0.1, 0.15) is 23.3 Å². The second-order valence-electron chi connectivity index (χ2n) is 6.51. The van der Waals surface area contributed by atoms with Crippen LogP contribution in [0.1, 0.15) is 23.0 Å². The van der Waals surface area contributed by atoms with Gasteiger partial charge >= 0.3 is 5.97 Å². The summed E-state index contributed by atoms with van der Waals surface area (Å²) in [6, 6.07) is 9.84. The fraction of sp³-hybridized carbons (Fsp3) is 0.0455. The molecule has 2 N–H and O–H groups in total. The summed E-state index contributed by atoms with van der Waals surface area (Å²) in [5, 5.41) is 22.3. The predicted octanol–water partition coefficient (Wildman–Crippen LogP) is 4.35. The number of carbonyl (C=O) groups is 3. The Kier molecular flexibility index (Phi) is 6.90. The third-order valence-corrected chi connectivity index (χ3v) is 5.06. The minimum atomic E-state index is -1.12. The molecule has 8 nitrogen and oxygen atoms in total. The Bertz CT molecular complexity index is 1310. The van der Waals surface area contributed by atoms with Gasteiger partial charge in [-0.25, -0.2) is 18.6 Å². The van der Waals surface area contributed by atoms with E-state index in [1.165, 1.54) is 42.6 Å². The Labute approximate surface area is 190 Å². The number of thiazole rings is 1. The van der Waals surface area contributed by atoms with Gasteiger partial charge < -0.3 is 10.4 Å². The van der Waals surface area contributed by atoms with Crippen molar-refractivity contribution in [2.45, 2.75) is 6.92 Å². The first kappa shape index (κ1) is 23.2. The Hall–Kier alpha value is -4.43. The molecule has 0 aliphatic carbocycles. The molecule has 33 heavy (non-hydrogen) atoms. The number of amides is 2. The molecule has 0 unspecified atom stereocenters. The standard InChI is InChI=1S/C22H14F2N4O4S/c1-12(29)28(19-7-4-15(23)9-18(19)24)22-27-17(11-33-22)8-14(10-25)20(30)26-16-5-2-13(3-6-16)21(31)32/h2-9,11H,1H3,(H,26,30)(H,31,32)/b14-8+. The number of anilines is 3. The molecule has 1 aromatic heterocycles. The van der Waals surface area contributed by atoms with Gasteiger partial charge in [-0.05, 0) is 42.5 Å². The number of halogens is 2. The van der Waals surface area contributed by atoms with E-state index in [9.17, 15) is 28.4 Å². The van der Waals surface area contributed by atoms with Crippen LogP contribution in [-0.4, -0.2) is 27.9 Å². The third-order valence-electron chi connectivity index (χ3n) is 4.21. The van der Waals surface area contributed by atoms with Gasteiger partial charge in [0, 0.05) is 24.1 Å². The zero-order valence-electron chi connectivity index (χ0n) is 16.9. The average molecular weight is 468 g/mol. The predicted molar refractivity (Wildman–Crippen MR) is 117 cm³/mol. The van der Waals surface area contributed by atoms with E-state index in [1.807, 2.05) is 0 Å². The molecule has 3 aromatic rings. The Morgan fingerprint density at radius 1 is 1.18 bits per heavy atom. The molecule has 0 spiro atoms. The largest absolute Gasteiger partial charge is 0.478 e. The molecule has 0 atom stereocenters. The molecule has 0 aliphatic rings. The summed E-state index contributed by atoms with van der Waals surface area (Å²) in [4.78, 5) is 40.6. The number of aromatic carboxylic acids is 1. The second-order valence-corrected chi connectivity index (χ2v) is 7.35. The highest BCUT2D eigenvalue weighted by Crippen LogP contribution is 2.31. The molecule has 166 valence electrons. The van der Waals surface area contributed by atoms with Crippen LogP contribution in [0.2, 0.25) is 0 Å². The van der Waals surface area contributed by atoms with Crippen molar-refractivity contribution in [3.8, 4) is 6.07 Å². The second kappa shape index (κ2) is 9.80. The number of carboxylic acid groups (broad SMARTS) is 1. The maximum absolute atomic E-state index is 14.2. The van der Waals surface area contributed by atoms with E-state index in [0.717, 1.165) is 28.4 Å². The van der Waals surface area contributed by atoms with Crippen molar-refractivity contribution in [2.75, 3.05) is 10.2 Å². The van der Waals surface area contributed by atoms with Gasteiger partial charge in [-0.15, -0.1) is 11.3 Å². The highest BCUT2D eigenvalue weighted by molar-refractivity contribution is 7.14. The van der Waals surface area contributed by atoms with Crippen molar-refractivity contribution >= 4 is 51.7 Å². The van der Waals surface area contributed by atoms with E-state index >= 15 is 0 Å². The number of aromatic nitrogens is 1. The average Bonchev–Trinajstić information content (AvgIpc) is 3.21. The van der Waals surface area contributed by atoms with Gasteiger partial charge in [0.05, 0.1) is 16.9 Å². The van der Waals surface area contributed by atoms with Crippen molar-refractivity contribution in [2.24, 2.45) is 0 Å². The summed E-state index contributed by atoms with van der Waals surface area (Å²) < 4.78 is 27.4. The summed E-state index contributed by atoms with van der Waals surface area (Å²) >= 11 is 0.958. The SMILES string of the molecule is CC(=O)N(c1nc(/C=C(\C#N)C(=O)Nc2ccc(C(=O)O)cc2)cs1)c1ccc(F)cc1F. The number of nitrogens with one attached hydrogen (secondary N) is 1. The summed E-state index contributed by atoms with van der Waals surface area (Å²) in [7, 11) is 0. The van der Waals surface area contributed by atoms with Gasteiger partial charge in [-0.2, -0.15) is 5.26 Å². The highest BCUT2D eigenvalue weighted by Gasteiger charge is 2.22. The topological polar surface area (TPSA) is 123 Å². The van der Waals surface area contributed by atoms with Crippen molar-refractivity contribution in [3.05, 3.63) is 76.3 Å². The van der Waals surface area contributed by atoms with E-state index in [2.05, 4.69) is 10.3 Å². The molecule has 2 aromatic carbocycles. The maximum Gasteiger partial charge on any atom is 0.335 e. The summed E-state index contributed by atoms with van der Waals surface area (Å²) in [5.74, 6) is -4.21. The van der Waals surface area contributed by atoms with E-state index in [0.29, 0.717) is 6.07 Å². The number of nitriles is 1. The fourth-order valence-corrected chi connectivity index (χ4v) is 3.54. The molecule has 2 amide bonds. The summed E-state index contributed by atoms with van der Waals surface area (Å²) in [5.41, 5.74) is -0.0312. The van der Waals surface area contributed by atoms with Crippen LogP contribution in [0.3, 0.4) is 0 Å². The number of benzene rings is 2. The number of nitrogens with zero attached hydrogens (tertiary/aromatic N) is 3. The van der Waals surface area contributed by atoms with Crippen LogP contribution in [0, 0.1) is 23.0 Å². The first-order valence-electron chi connectivity index (χ1n) is 9.17. The first-order valence-corrected chi connectivity index (χ1v) is 10.1. The first-order chi connectivity index (χ1) is 15.7. The molecule has 0 aliphatic heterocycles. The molecule has 0 bridgehead atoms. The Morgan fingerprint density at radius 3 is 2.45 bits per heavy atom. The molecular formula is C22H14F2N4O4S. The molecule has 0 saturated heterocycles. The lowest BCUT2D eigenvalue weighted by molar-refractivity contribution is -0.116. The molecule has 11 heteroatoms. The number of hydrogen-bond donors (Lipinski definition) is 2. The zero-order valence-corrected chi connectivity index (χ0v) is 17.7. The van der Waals surface area contributed by atoms with Crippen LogP contribution in [0.25, 0.3) is 6.08 Å². The van der Waals surface area contributed by atoms with E-state index in [-0.39, 0.29) is 33.3 Å². The van der Waals surface area contributed by atoms with Crippen molar-refractivity contribution in [3.63, 3.8) is 0 Å². The highest BCUT2D eigenvalue weighted by atomic mass is 32.1. The monoisotopic (exact) mass is 468 g/mol. The third kappa shape index (κ3) is 5.44. The quantitative estimate of drug-likeness (QED) is 0.410. The molecule has 3 rings (SSSR count). The van der Waals surface area contributed by atoms with Crippen molar-refractivity contribution < 1.29 is 28.3 Å². The van der Waals surface area contributed by atoms with Crippen LogP contribution in [-0.2, 0) is 9.59 Å². The number of carboxylic acids is 1. The minimum absolute atomic E-state index is 0.0340. The number of rotatable bonds is 6. The van der Waals surface area contributed by atoms with Gasteiger partial charge in [0.15, 0.2) is 5.13 Å². The lowest BCUT2D eigenvalue weighted by Crippen LogP contribution is -2.23. The fourth-order valence-electron chi connectivity index (χ4n) is 2.71. The summed E-state index contributed by atoms with van der Waals surface area (Å²) in [6.45, 7) is 1.18. The zero-order chi connectivity index (χ0) is 24.1. The maximum atomic E-state index is 14.2. The van der Waals surface area contributed by atoms with Gasteiger partial charge in [-0.1, -0.05) is 0 Å². The van der Waals surface area contributed by atoms with Crippen LogP contribution < -0.4 is 10.2 Å². The van der Waals surface area contributed by atoms with E-state index in [4.69, 9.17) is 5.11 Å². The Balaban J connectivity index is 1.84. The van der Waals surface area contributed by atoms with Gasteiger partial charge in [0.2, 0.25) is 5.91 Å². The molecule has 1 heterocycles. The minimum Gasteiger partial charge on any atom is -0.478 e. The number of hydrogen-bond acceptors (Lipinski definition) is 6. The normalized spacial score (nSPS) is 10.9. The van der Waals surface area contributed by atoms with Gasteiger partial charge in [-0.3, -0.25) is 14.5 Å². The molecular weight excluding hydrogens is 454 g/mol. The summed E-state index contributed by atoms with van der Waals surface area (Å²) in [6.07, 6.45) is 1.18. The molecule has 0 saturated carbocycles. The number of carbonyl (C=O) groups excluding carboxylic acids is 2. The van der Waals surface area contributed by atoms with Crippen LogP contribution in [0.15, 0.2) is 53.4 Å². The van der Waals surface area contributed by atoms with Crippen molar-refractivity contribution in [1.29, 1.82) is 5.26 Å². The van der Waals surface area contributed by atoms with Crippen molar-refractivity contribution in [1.82, 2.24) is 4.98 Å². The van der Waals surface area contributed by atoms with E-state index in [1.54, 1.807) is 6.07 Å². The molecule has 0 fully saturated rings. The lowest BCUT2D eigenvalue weighted by Gasteiger charge is -2.18. The van der Waals surface area contributed by atoms with Crippen LogP contribution in [0.4, 0.5) is 25.3 Å². The van der Waals surface area contributed by atoms with Gasteiger partial charge in [0.25, 0.3) is 5.91 Å². The molecule has 0 radical (unpaired) electrons. The Morgan fingerprint density at radius 2 is 1.88 bits per heavy atom. The lowest BCUT2D eigenvalue weighted by atomic mass is 10.2.